The number of amides is 2. The summed E-state index contributed by atoms with van der Waals surface area (Å²) in [6.45, 7) is 4.01. The van der Waals surface area contributed by atoms with Crippen molar-refractivity contribution in [3.63, 3.8) is 0 Å². The summed E-state index contributed by atoms with van der Waals surface area (Å²) in [6.07, 6.45) is 0. The molecule has 2 N–H and O–H groups in total. The van der Waals surface area contributed by atoms with Crippen molar-refractivity contribution in [3.8, 4) is 0 Å². The van der Waals surface area contributed by atoms with Crippen LogP contribution in [0, 0.1) is 16.0 Å². The second-order valence-electron chi connectivity index (χ2n) is 8.24. The molecular formula is C26H26ClN3O4. The zero-order chi connectivity index (χ0) is 24.7. The van der Waals surface area contributed by atoms with Crippen molar-refractivity contribution in [2.75, 3.05) is 6.54 Å². The highest BCUT2D eigenvalue weighted by Crippen LogP contribution is 2.24. The van der Waals surface area contributed by atoms with Gasteiger partial charge in [0.1, 0.15) is 6.04 Å². The second kappa shape index (κ2) is 11.4. The van der Waals surface area contributed by atoms with E-state index in [1.165, 1.54) is 12.1 Å². The van der Waals surface area contributed by atoms with Crippen LogP contribution in [-0.4, -0.2) is 29.3 Å². The quantitative estimate of drug-likeness (QED) is 0.335. The molecule has 0 unspecified atom stereocenters. The summed E-state index contributed by atoms with van der Waals surface area (Å²) < 4.78 is 0. The van der Waals surface area contributed by atoms with E-state index >= 15 is 0 Å². The average Bonchev–Trinajstić information content (AvgIpc) is 2.83. The first-order valence-corrected chi connectivity index (χ1v) is 11.3. The number of hydrogen-bond donors (Lipinski definition) is 2. The van der Waals surface area contributed by atoms with Gasteiger partial charge in [0, 0.05) is 24.6 Å². The highest BCUT2D eigenvalue weighted by Gasteiger charge is 2.27. The molecule has 1 atom stereocenters. The van der Waals surface area contributed by atoms with Crippen LogP contribution >= 0.6 is 11.6 Å². The number of nitro groups is 1. The monoisotopic (exact) mass is 479 g/mol. The van der Waals surface area contributed by atoms with E-state index in [1.54, 1.807) is 0 Å². The van der Waals surface area contributed by atoms with Crippen LogP contribution in [0.4, 0.5) is 5.69 Å². The number of rotatable bonds is 9. The number of halogens is 1. The van der Waals surface area contributed by atoms with Gasteiger partial charge in [0.05, 0.1) is 15.5 Å². The van der Waals surface area contributed by atoms with Crippen molar-refractivity contribution in [2.24, 2.45) is 5.92 Å². The van der Waals surface area contributed by atoms with Gasteiger partial charge in [-0.25, -0.2) is 0 Å². The zero-order valence-electron chi connectivity index (χ0n) is 18.9. The Balaban J connectivity index is 1.74. The lowest BCUT2D eigenvalue weighted by molar-refractivity contribution is -0.384. The fourth-order valence-electron chi connectivity index (χ4n) is 3.67. The fraction of sp³-hybridized carbons (Fsp3) is 0.231. The van der Waals surface area contributed by atoms with Gasteiger partial charge in [0.2, 0.25) is 5.91 Å². The lowest BCUT2D eigenvalue weighted by Crippen LogP contribution is -2.50. The Morgan fingerprint density at radius 2 is 1.50 bits per heavy atom. The molecule has 0 fully saturated rings. The Bertz CT molecular complexity index is 1110. The summed E-state index contributed by atoms with van der Waals surface area (Å²) >= 11 is 6.08. The molecule has 0 radical (unpaired) electrons. The molecule has 2 amide bonds. The van der Waals surface area contributed by atoms with Gasteiger partial charge >= 0.3 is 0 Å². The molecule has 0 saturated carbocycles. The van der Waals surface area contributed by atoms with Crippen LogP contribution in [0.1, 0.15) is 41.3 Å². The summed E-state index contributed by atoms with van der Waals surface area (Å²) in [5.74, 6) is -1.15. The van der Waals surface area contributed by atoms with Gasteiger partial charge in [0.15, 0.2) is 0 Å². The van der Waals surface area contributed by atoms with Crippen LogP contribution < -0.4 is 10.6 Å². The molecule has 34 heavy (non-hydrogen) atoms. The third-order valence-electron chi connectivity index (χ3n) is 5.53. The van der Waals surface area contributed by atoms with Gasteiger partial charge in [-0.1, -0.05) is 86.1 Å². The van der Waals surface area contributed by atoms with Crippen LogP contribution in [0.25, 0.3) is 0 Å². The van der Waals surface area contributed by atoms with Gasteiger partial charge < -0.3 is 10.6 Å². The Labute approximate surface area is 203 Å². The van der Waals surface area contributed by atoms with E-state index in [1.807, 2.05) is 74.5 Å². The smallest absolute Gasteiger partial charge is 0.270 e. The molecule has 0 spiro atoms. The third-order valence-corrected chi connectivity index (χ3v) is 5.84. The van der Waals surface area contributed by atoms with E-state index in [0.717, 1.165) is 17.2 Å². The summed E-state index contributed by atoms with van der Waals surface area (Å²) in [6, 6.07) is 22.6. The molecule has 176 valence electrons. The number of nitrogens with one attached hydrogen (secondary N) is 2. The number of hydrogen-bond acceptors (Lipinski definition) is 4. The first-order chi connectivity index (χ1) is 16.3. The number of nitrogens with zero attached hydrogens (tertiary/aromatic N) is 1. The SMILES string of the molecule is CC(C)[C@H](NC(=O)c1ccc([N+](=O)[O-])cc1Cl)C(=O)NCC(c1ccccc1)c1ccccc1. The number of carbonyl (C=O) groups excluding carboxylic acids is 2. The number of benzene rings is 3. The normalized spacial score (nSPS) is 11.8. The van der Waals surface area contributed by atoms with Crippen LogP contribution in [0.3, 0.4) is 0 Å². The summed E-state index contributed by atoms with van der Waals surface area (Å²) in [7, 11) is 0. The van der Waals surface area contributed by atoms with Crippen molar-refractivity contribution >= 4 is 29.1 Å². The van der Waals surface area contributed by atoms with E-state index in [9.17, 15) is 19.7 Å². The largest absolute Gasteiger partial charge is 0.353 e. The Hall–Kier alpha value is -3.71. The van der Waals surface area contributed by atoms with Crippen molar-refractivity contribution in [1.82, 2.24) is 10.6 Å². The van der Waals surface area contributed by atoms with E-state index in [2.05, 4.69) is 10.6 Å². The topological polar surface area (TPSA) is 101 Å². The highest BCUT2D eigenvalue weighted by molar-refractivity contribution is 6.34. The van der Waals surface area contributed by atoms with E-state index in [0.29, 0.717) is 6.54 Å². The van der Waals surface area contributed by atoms with Gasteiger partial charge in [-0.3, -0.25) is 19.7 Å². The van der Waals surface area contributed by atoms with Gasteiger partial charge in [-0.05, 0) is 23.1 Å². The number of nitro benzene ring substituents is 1. The minimum atomic E-state index is -0.814. The van der Waals surface area contributed by atoms with Crippen molar-refractivity contribution < 1.29 is 14.5 Å². The van der Waals surface area contributed by atoms with E-state index in [-0.39, 0.29) is 34.0 Å². The Kier molecular flexibility index (Phi) is 8.38. The van der Waals surface area contributed by atoms with E-state index in [4.69, 9.17) is 11.6 Å². The van der Waals surface area contributed by atoms with Crippen molar-refractivity contribution in [3.05, 3.63) is 111 Å². The van der Waals surface area contributed by atoms with Crippen LogP contribution in [0.15, 0.2) is 78.9 Å². The first kappa shape index (κ1) is 24.9. The molecule has 0 saturated heterocycles. The molecule has 3 aromatic rings. The minimum absolute atomic E-state index is 0.0529. The zero-order valence-corrected chi connectivity index (χ0v) is 19.7. The molecule has 0 aliphatic carbocycles. The first-order valence-electron chi connectivity index (χ1n) is 10.9. The maximum atomic E-state index is 13.1. The van der Waals surface area contributed by atoms with Gasteiger partial charge in [-0.2, -0.15) is 0 Å². The molecule has 3 aromatic carbocycles. The highest BCUT2D eigenvalue weighted by atomic mass is 35.5. The van der Waals surface area contributed by atoms with Crippen molar-refractivity contribution in [1.29, 1.82) is 0 Å². The van der Waals surface area contributed by atoms with Gasteiger partial charge in [-0.15, -0.1) is 0 Å². The maximum absolute atomic E-state index is 13.1. The van der Waals surface area contributed by atoms with Gasteiger partial charge in [0.25, 0.3) is 11.6 Å². The molecule has 0 aromatic heterocycles. The van der Waals surface area contributed by atoms with Crippen LogP contribution in [0.5, 0.6) is 0 Å². The minimum Gasteiger partial charge on any atom is -0.353 e. The average molecular weight is 480 g/mol. The summed E-state index contributed by atoms with van der Waals surface area (Å²) in [5, 5.41) is 16.6. The third kappa shape index (κ3) is 6.20. The lowest BCUT2D eigenvalue weighted by atomic mass is 9.91. The molecule has 8 heteroatoms. The predicted molar refractivity (Wildman–Crippen MR) is 132 cm³/mol. The molecule has 0 heterocycles. The maximum Gasteiger partial charge on any atom is 0.270 e. The second-order valence-corrected chi connectivity index (χ2v) is 8.64. The fourth-order valence-corrected chi connectivity index (χ4v) is 3.93. The lowest BCUT2D eigenvalue weighted by Gasteiger charge is -2.24. The molecular weight excluding hydrogens is 454 g/mol. The standard InChI is InChI=1S/C26H26ClN3O4/c1-17(2)24(29-25(31)21-14-13-20(30(33)34)15-23(21)27)26(32)28-16-22(18-9-5-3-6-10-18)19-11-7-4-8-12-19/h3-15,17,22,24H,16H2,1-2H3,(H,28,32)(H,29,31)/t24-/m0/s1. The van der Waals surface area contributed by atoms with Crippen molar-refractivity contribution in [2.45, 2.75) is 25.8 Å². The number of carbonyl (C=O) groups is 2. The molecule has 0 bridgehead atoms. The molecule has 3 rings (SSSR count). The van der Waals surface area contributed by atoms with Crippen LogP contribution in [0.2, 0.25) is 5.02 Å². The van der Waals surface area contributed by atoms with E-state index < -0.39 is 16.9 Å². The Morgan fingerprint density at radius 1 is 0.941 bits per heavy atom. The molecule has 0 aliphatic heterocycles. The summed E-state index contributed by atoms with van der Waals surface area (Å²) in [5.41, 5.74) is 1.98. The molecule has 0 aliphatic rings. The molecule has 7 nitrogen and oxygen atoms in total. The van der Waals surface area contributed by atoms with Crippen LogP contribution in [-0.2, 0) is 4.79 Å². The number of non-ortho nitro benzene ring substituents is 1. The summed E-state index contributed by atoms with van der Waals surface area (Å²) in [4.78, 5) is 36.2. The predicted octanol–water partition coefficient (Wildman–Crippen LogP) is 4.95. The Morgan fingerprint density at radius 3 is 1.97 bits per heavy atom.